The third kappa shape index (κ3) is 4.34. The van der Waals surface area contributed by atoms with Crippen LogP contribution in [0.4, 0.5) is 0 Å². The molecule has 0 radical (unpaired) electrons. The standard InChI is InChI=1S/C54H32N4/c1-2-12-33(13-3-1)34-22-24-36(25-23-34)51-52(56-45-19-9-8-18-44(45)55-51)37-26-29-38(30-27-37)57-48-32-43-40-16-6-10-20-46(40)58-47-21-11-7-17-41(47)50(54(43)58)49(48)42-31-28-35-14-4-5-15-39(35)53(42)57/h1-32H. The van der Waals surface area contributed by atoms with E-state index in [4.69, 9.17) is 9.97 Å². The quantitative estimate of drug-likeness (QED) is 0.180. The van der Waals surface area contributed by atoms with Crippen LogP contribution >= 0.6 is 0 Å². The van der Waals surface area contributed by atoms with Gasteiger partial charge in [0, 0.05) is 54.5 Å². The highest BCUT2D eigenvalue weighted by Crippen LogP contribution is 2.48. The molecule has 58 heavy (non-hydrogen) atoms. The van der Waals surface area contributed by atoms with E-state index < -0.39 is 0 Å². The Morgan fingerprint density at radius 2 is 0.879 bits per heavy atom. The van der Waals surface area contributed by atoms with Crippen molar-refractivity contribution in [3.63, 3.8) is 0 Å². The number of aromatic nitrogens is 4. The zero-order valence-corrected chi connectivity index (χ0v) is 31.3. The van der Waals surface area contributed by atoms with Crippen LogP contribution in [-0.4, -0.2) is 18.9 Å². The minimum Gasteiger partial charge on any atom is -0.309 e. The lowest BCUT2D eigenvalue weighted by atomic mass is 9.99. The van der Waals surface area contributed by atoms with Gasteiger partial charge >= 0.3 is 0 Å². The zero-order valence-electron chi connectivity index (χ0n) is 31.3. The molecule has 13 rings (SSSR count). The van der Waals surface area contributed by atoms with Gasteiger partial charge in [0.05, 0.1) is 50.0 Å². The Morgan fingerprint density at radius 1 is 0.328 bits per heavy atom. The van der Waals surface area contributed by atoms with Crippen molar-refractivity contribution < 1.29 is 0 Å². The molecule has 0 N–H and O–H groups in total. The molecule has 0 unspecified atom stereocenters. The maximum absolute atomic E-state index is 5.27. The van der Waals surface area contributed by atoms with Gasteiger partial charge in [-0.25, -0.2) is 9.97 Å². The number of para-hydroxylation sites is 4. The van der Waals surface area contributed by atoms with Gasteiger partial charge in [0.15, 0.2) is 0 Å². The number of hydrogen-bond donors (Lipinski definition) is 0. The highest BCUT2D eigenvalue weighted by molar-refractivity contribution is 6.37. The molecule has 0 aliphatic carbocycles. The topological polar surface area (TPSA) is 35.1 Å². The second-order valence-corrected chi connectivity index (χ2v) is 15.3. The first-order chi connectivity index (χ1) is 28.8. The van der Waals surface area contributed by atoms with Crippen LogP contribution in [-0.2, 0) is 0 Å². The van der Waals surface area contributed by atoms with E-state index in [0.29, 0.717) is 0 Å². The molecule has 4 heteroatoms. The zero-order chi connectivity index (χ0) is 37.9. The van der Waals surface area contributed by atoms with E-state index in [9.17, 15) is 0 Å². The second kappa shape index (κ2) is 11.8. The van der Waals surface area contributed by atoms with Crippen molar-refractivity contribution in [1.82, 2.24) is 18.9 Å². The van der Waals surface area contributed by atoms with Crippen molar-refractivity contribution in [2.75, 3.05) is 0 Å². The predicted molar refractivity (Wildman–Crippen MR) is 242 cm³/mol. The summed E-state index contributed by atoms with van der Waals surface area (Å²) in [5, 5.41) is 10.1. The lowest BCUT2D eigenvalue weighted by Gasteiger charge is -2.13. The molecule has 9 aromatic carbocycles. The molecular formula is C54H32N4. The molecule has 4 heterocycles. The number of nitrogens with zero attached hydrogens (tertiary/aromatic N) is 4. The number of rotatable bonds is 4. The van der Waals surface area contributed by atoms with Crippen LogP contribution in [0, 0.1) is 0 Å². The van der Waals surface area contributed by atoms with E-state index in [1.807, 2.05) is 24.3 Å². The van der Waals surface area contributed by atoms with Gasteiger partial charge in [-0.1, -0.05) is 152 Å². The molecule has 0 bridgehead atoms. The van der Waals surface area contributed by atoms with Crippen LogP contribution in [0.25, 0.3) is 121 Å². The molecular weight excluding hydrogens is 705 g/mol. The molecule has 0 fully saturated rings. The van der Waals surface area contributed by atoms with Crippen molar-refractivity contribution in [2.45, 2.75) is 0 Å². The van der Waals surface area contributed by atoms with Crippen LogP contribution < -0.4 is 0 Å². The summed E-state index contributed by atoms with van der Waals surface area (Å²) in [7, 11) is 0. The van der Waals surface area contributed by atoms with E-state index in [1.165, 1.54) is 81.8 Å². The Balaban J connectivity index is 1.07. The highest BCUT2D eigenvalue weighted by atomic mass is 15.0. The molecule has 13 aromatic rings. The molecule has 0 atom stereocenters. The fourth-order valence-electron chi connectivity index (χ4n) is 9.66. The first-order valence-corrected chi connectivity index (χ1v) is 19.8. The van der Waals surface area contributed by atoms with Gasteiger partial charge in [0.1, 0.15) is 0 Å². The van der Waals surface area contributed by atoms with Gasteiger partial charge in [-0.15, -0.1) is 0 Å². The molecule has 4 nitrogen and oxygen atoms in total. The van der Waals surface area contributed by atoms with E-state index in [0.717, 1.165) is 39.2 Å². The summed E-state index contributed by atoms with van der Waals surface area (Å²) in [6, 6.07) is 69.9. The Labute approximate surface area is 332 Å². The maximum atomic E-state index is 5.27. The Bertz CT molecular complexity index is 3760. The number of fused-ring (bicyclic) bond motifs is 13. The molecule has 0 spiro atoms. The second-order valence-electron chi connectivity index (χ2n) is 15.3. The third-order valence-electron chi connectivity index (χ3n) is 12.2. The monoisotopic (exact) mass is 736 g/mol. The minimum atomic E-state index is 0.865. The van der Waals surface area contributed by atoms with Crippen LogP contribution in [0.1, 0.15) is 0 Å². The van der Waals surface area contributed by atoms with E-state index in [1.54, 1.807) is 0 Å². The van der Waals surface area contributed by atoms with Crippen LogP contribution in [0.2, 0.25) is 0 Å². The number of hydrogen-bond acceptors (Lipinski definition) is 2. The van der Waals surface area contributed by atoms with Gasteiger partial charge in [0.25, 0.3) is 0 Å². The summed E-state index contributed by atoms with van der Waals surface area (Å²) >= 11 is 0. The lowest BCUT2D eigenvalue weighted by molar-refractivity contribution is 1.19. The summed E-state index contributed by atoms with van der Waals surface area (Å²) in [6.07, 6.45) is 0. The maximum Gasteiger partial charge on any atom is 0.0973 e. The third-order valence-corrected chi connectivity index (χ3v) is 12.2. The van der Waals surface area contributed by atoms with Gasteiger partial charge in [-0.3, -0.25) is 0 Å². The van der Waals surface area contributed by atoms with Gasteiger partial charge in [-0.05, 0) is 59.0 Å². The molecule has 0 amide bonds. The number of benzene rings is 9. The van der Waals surface area contributed by atoms with Crippen molar-refractivity contribution >= 4 is 81.7 Å². The average molecular weight is 737 g/mol. The smallest absolute Gasteiger partial charge is 0.0973 e. The molecule has 4 aromatic heterocycles. The Morgan fingerprint density at radius 3 is 1.60 bits per heavy atom. The summed E-state index contributed by atoms with van der Waals surface area (Å²) in [6.45, 7) is 0. The van der Waals surface area contributed by atoms with Crippen LogP contribution in [0.15, 0.2) is 194 Å². The summed E-state index contributed by atoms with van der Waals surface area (Å²) in [5.41, 5.74) is 15.2. The summed E-state index contributed by atoms with van der Waals surface area (Å²) in [4.78, 5) is 10.5. The molecule has 0 saturated carbocycles. The molecule has 0 aliphatic heterocycles. The fourth-order valence-corrected chi connectivity index (χ4v) is 9.66. The Kier molecular flexibility index (Phi) is 6.41. The van der Waals surface area contributed by atoms with E-state index >= 15 is 0 Å². The summed E-state index contributed by atoms with van der Waals surface area (Å²) in [5.74, 6) is 0. The predicted octanol–water partition coefficient (Wildman–Crippen LogP) is 14.0. The molecule has 0 aliphatic rings. The van der Waals surface area contributed by atoms with Crippen molar-refractivity contribution in [2.24, 2.45) is 0 Å². The Hall–Kier alpha value is -7.82. The van der Waals surface area contributed by atoms with Crippen molar-refractivity contribution in [1.29, 1.82) is 0 Å². The lowest BCUT2D eigenvalue weighted by Crippen LogP contribution is -1.97. The van der Waals surface area contributed by atoms with Gasteiger partial charge in [-0.2, -0.15) is 0 Å². The largest absolute Gasteiger partial charge is 0.309 e. The van der Waals surface area contributed by atoms with E-state index in [-0.39, 0.29) is 0 Å². The minimum absolute atomic E-state index is 0.865. The first kappa shape index (κ1) is 31.4. The van der Waals surface area contributed by atoms with Crippen molar-refractivity contribution in [3.8, 4) is 39.3 Å². The summed E-state index contributed by atoms with van der Waals surface area (Å²) < 4.78 is 4.97. The fraction of sp³-hybridized carbons (Fsp3) is 0. The van der Waals surface area contributed by atoms with Gasteiger partial charge < -0.3 is 8.97 Å². The van der Waals surface area contributed by atoms with Crippen molar-refractivity contribution in [3.05, 3.63) is 194 Å². The molecule has 0 saturated heterocycles. The molecule has 268 valence electrons. The van der Waals surface area contributed by atoms with Crippen LogP contribution in [0.3, 0.4) is 0 Å². The average Bonchev–Trinajstić information content (AvgIpc) is 3.94. The highest BCUT2D eigenvalue weighted by Gasteiger charge is 2.25. The SMILES string of the molecule is c1ccc(-c2ccc(-c3nc4ccccc4nc3-c3ccc(-n4c5cc6c7ccccc7n7c8ccccc8c(c5c5ccc8ccccc8c54)c67)cc3)cc2)cc1. The normalized spacial score (nSPS) is 12.1. The van der Waals surface area contributed by atoms with E-state index in [2.05, 4.69) is 179 Å². The first-order valence-electron chi connectivity index (χ1n) is 19.8. The van der Waals surface area contributed by atoms with Crippen LogP contribution in [0.5, 0.6) is 0 Å². The van der Waals surface area contributed by atoms with Gasteiger partial charge in [0.2, 0.25) is 0 Å².